The van der Waals surface area contributed by atoms with E-state index in [2.05, 4.69) is 20.9 Å². The van der Waals surface area contributed by atoms with E-state index in [0.29, 0.717) is 16.8 Å². The minimum absolute atomic E-state index is 0.275. The van der Waals surface area contributed by atoms with E-state index < -0.39 is 0 Å². The molecule has 3 aromatic rings. The van der Waals surface area contributed by atoms with Crippen molar-refractivity contribution in [1.82, 2.24) is 4.98 Å². The van der Waals surface area contributed by atoms with Gasteiger partial charge in [0.25, 0.3) is 0 Å². The van der Waals surface area contributed by atoms with E-state index in [1.807, 2.05) is 30.3 Å². The number of benzene rings is 2. The molecule has 20 heavy (non-hydrogen) atoms. The Balaban J connectivity index is 1.96. The molecule has 0 amide bonds. The average Bonchev–Trinajstić information content (AvgIpc) is 2.49. The van der Waals surface area contributed by atoms with Crippen molar-refractivity contribution in [3.8, 4) is 11.5 Å². The Hall–Kier alpha value is -1.94. The summed E-state index contributed by atoms with van der Waals surface area (Å²) >= 11 is 3.33. The zero-order valence-corrected chi connectivity index (χ0v) is 12.1. The molecule has 4 heteroatoms. The van der Waals surface area contributed by atoms with Gasteiger partial charge in [-0.2, -0.15) is 0 Å². The number of ether oxygens (including phenoxy) is 1. The molecule has 0 atom stereocenters. The fourth-order valence-corrected chi connectivity index (χ4v) is 2.42. The standard InChI is InChI=1S/C16H11BrFNO/c17-9-12-7-13(18)5-6-16(12)20-14-8-11-3-1-2-4-15(11)19-10-14/h1-8,10H,9H2. The lowest BCUT2D eigenvalue weighted by Gasteiger charge is -2.10. The first-order valence-corrected chi connectivity index (χ1v) is 7.25. The van der Waals surface area contributed by atoms with Gasteiger partial charge in [0.05, 0.1) is 11.7 Å². The first-order valence-electron chi connectivity index (χ1n) is 6.13. The van der Waals surface area contributed by atoms with Gasteiger partial charge in [-0.25, -0.2) is 4.39 Å². The molecule has 3 rings (SSSR count). The molecule has 2 aromatic carbocycles. The second-order valence-electron chi connectivity index (χ2n) is 4.35. The van der Waals surface area contributed by atoms with Crippen LogP contribution in [0.3, 0.4) is 0 Å². The molecule has 0 spiro atoms. The third kappa shape index (κ3) is 2.65. The van der Waals surface area contributed by atoms with Crippen LogP contribution in [-0.4, -0.2) is 4.98 Å². The highest BCUT2D eigenvalue weighted by atomic mass is 79.9. The Bertz CT molecular complexity index is 760. The number of pyridine rings is 1. The van der Waals surface area contributed by atoms with Gasteiger partial charge in [-0.3, -0.25) is 4.98 Å². The summed E-state index contributed by atoms with van der Waals surface area (Å²) in [5, 5.41) is 1.54. The maximum absolute atomic E-state index is 13.2. The second-order valence-corrected chi connectivity index (χ2v) is 4.91. The van der Waals surface area contributed by atoms with E-state index in [-0.39, 0.29) is 5.82 Å². The molecule has 0 aliphatic heterocycles. The molecule has 0 N–H and O–H groups in total. The molecule has 0 saturated heterocycles. The van der Waals surface area contributed by atoms with Gasteiger partial charge in [-0.15, -0.1) is 0 Å². The quantitative estimate of drug-likeness (QED) is 0.626. The fraction of sp³-hybridized carbons (Fsp3) is 0.0625. The zero-order valence-electron chi connectivity index (χ0n) is 10.5. The van der Waals surface area contributed by atoms with Gasteiger partial charge in [-0.05, 0) is 30.3 Å². The van der Waals surface area contributed by atoms with E-state index in [1.54, 1.807) is 12.3 Å². The third-order valence-corrected chi connectivity index (χ3v) is 3.56. The SMILES string of the molecule is Fc1ccc(Oc2cnc3ccccc3c2)c(CBr)c1. The molecule has 100 valence electrons. The van der Waals surface area contributed by atoms with E-state index in [4.69, 9.17) is 4.74 Å². The van der Waals surface area contributed by atoms with Gasteiger partial charge in [-0.1, -0.05) is 34.1 Å². The predicted molar refractivity (Wildman–Crippen MR) is 80.8 cm³/mol. The smallest absolute Gasteiger partial charge is 0.146 e. The molecule has 1 heterocycles. The normalized spacial score (nSPS) is 10.7. The Kier molecular flexibility index (Phi) is 3.65. The molecule has 1 aromatic heterocycles. The number of fused-ring (bicyclic) bond motifs is 1. The Labute approximate surface area is 124 Å². The largest absolute Gasteiger partial charge is 0.455 e. The first-order chi connectivity index (χ1) is 9.76. The Morgan fingerprint density at radius 2 is 1.95 bits per heavy atom. The van der Waals surface area contributed by atoms with Crippen molar-refractivity contribution in [3.05, 3.63) is 66.1 Å². The molecule has 0 unspecified atom stereocenters. The van der Waals surface area contributed by atoms with Gasteiger partial charge in [0.15, 0.2) is 0 Å². The Morgan fingerprint density at radius 3 is 2.80 bits per heavy atom. The van der Waals surface area contributed by atoms with Crippen LogP contribution < -0.4 is 4.74 Å². The summed E-state index contributed by atoms with van der Waals surface area (Å²) < 4.78 is 19.0. The zero-order chi connectivity index (χ0) is 13.9. The number of hydrogen-bond donors (Lipinski definition) is 0. The van der Waals surface area contributed by atoms with Crippen LogP contribution >= 0.6 is 15.9 Å². The average molecular weight is 332 g/mol. The maximum Gasteiger partial charge on any atom is 0.146 e. The number of alkyl halides is 1. The summed E-state index contributed by atoms with van der Waals surface area (Å²) in [5.74, 6) is 0.987. The molecule has 0 fully saturated rings. The van der Waals surface area contributed by atoms with E-state index >= 15 is 0 Å². The van der Waals surface area contributed by atoms with Crippen molar-refractivity contribution >= 4 is 26.8 Å². The van der Waals surface area contributed by atoms with Gasteiger partial charge in [0, 0.05) is 16.3 Å². The van der Waals surface area contributed by atoms with Crippen LogP contribution in [0, 0.1) is 5.82 Å². The summed E-state index contributed by atoms with van der Waals surface area (Å²) in [6, 6.07) is 14.2. The van der Waals surface area contributed by atoms with E-state index in [0.717, 1.165) is 16.5 Å². The topological polar surface area (TPSA) is 22.1 Å². The fourth-order valence-electron chi connectivity index (χ4n) is 1.99. The van der Waals surface area contributed by atoms with Crippen LogP contribution in [0.5, 0.6) is 11.5 Å². The summed E-state index contributed by atoms with van der Waals surface area (Å²) in [6.45, 7) is 0. The van der Waals surface area contributed by atoms with Crippen LogP contribution in [0.2, 0.25) is 0 Å². The van der Waals surface area contributed by atoms with Crippen LogP contribution in [0.4, 0.5) is 4.39 Å². The summed E-state index contributed by atoms with van der Waals surface area (Å²) in [7, 11) is 0. The van der Waals surface area contributed by atoms with Gasteiger partial charge in [0.1, 0.15) is 17.3 Å². The van der Waals surface area contributed by atoms with Crippen molar-refractivity contribution < 1.29 is 9.13 Å². The highest BCUT2D eigenvalue weighted by molar-refractivity contribution is 9.08. The maximum atomic E-state index is 13.2. The van der Waals surface area contributed by atoms with Crippen LogP contribution in [-0.2, 0) is 5.33 Å². The third-order valence-electron chi connectivity index (χ3n) is 2.96. The number of para-hydroxylation sites is 1. The van der Waals surface area contributed by atoms with E-state index in [9.17, 15) is 4.39 Å². The van der Waals surface area contributed by atoms with Crippen molar-refractivity contribution in [3.63, 3.8) is 0 Å². The summed E-state index contributed by atoms with van der Waals surface area (Å²) in [4.78, 5) is 4.34. The summed E-state index contributed by atoms with van der Waals surface area (Å²) in [5.41, 5.74) is 1.68. The molecular weight excluding hydrogens is 321 g/mol. The first kappa shape index (κ1) is 13.1. The lowest BCUT2D eigenvalue weighted by Crippen LogP contribution is -1.91. The lowest BCUT2D eigenvalue weighted by atomic mass is 10.2. The second kappa shape index (κ2) is 5.59. The molecular formula is C16H11BrFNO. The van der Waals surface area contributed by atoms with Crippen LogP contribution in [0.25, 0.3) is 10.9 Å². The van der Waals surface area contributed by atoms with Crippen LogP contribution in [0.1, 0.15) is 5.56 Å². The number of halogens is 2. The van der Waals surface area contributed by atoms with Gasteiger partial charge in [0.2, 0.25) is 0 Å². The minimum Gasteiger partial charge on any atom is -0.455 e. The molecule has 2 nitrogen and oxygen atoms in total. The molecule has 0 bridgehead atoms. The minimum atomic E-state index is -0.275. The number of hydrogen-bond acceptors (Lipinski definition) is 2. The lowest BCUT2D eigenvalue weighted by molar-refractivity contribution is 0.475. The highest BCUT2D eigenvalue weighted by Gasteiger charge is 2.06. The monoisotopic (exact) mass is 331 g/mol. The Morgan fingerprint density at radius 1 is 1.10 bits per heavy atom. The molecule has 0 aliphatic carbocycles. The van der Waals surface area contributed by atoms with Crippen LogP contribution in [0.15, 0.2) is 54.7 Å². The molecule has 0 aliphatic rings. The predicted octanol–water partition coefficient (Wildman–Crippen LogP) is 5.06. The van der Waals surface area contributed by atoms with Crippen molar-refractivity contribution in [2.75, 3.05) is 0 Å². The number of aromatic nitrogens is 1. The highest BCUT2D eigenvalue weighted by Crippen LogP contribution is 2.28. The summed E-state index contributed by atoms with van der Waals surface area (Å²) in [6.07, 6.45) is 1.67. The molecule has 0 saturated carbocycles. The number of rotatable bonds is 3. The van der Waals surface area contributed by atoms with Gasteiger partial charge >= 0.3 is 0 Å². The molecule has 0 radical (unpaired) electrons. The van der Waals surface area contributed by atoms with Crippen molar-refractivity contribution in [2.24, 2.45) is 0 Å². The van der Waals surface area contributed by atoms with E-state index in [1.165, 1.54) is 12.1 Å². The van der Waals surface area contributed by atoms with Crippen molar-refractivity contribution in [1.29, 1.82) is 0 Å². The van der Waals surface area contributed by atoms with Gasteiger partial charge < -0.3 is 4.74 Å². The number of nitrogens with zero attached hydrogens (tertiary/aromatic N) is 1. The van der Waals surface area contributed by atoms with Crippen molar-refractivity contribution in [2.45, 2.75) is 5.33 Å².